The first-order chi connectivity index (χ1) is 15.9. The number of nitrogens with zero attached hydrogens (tertiary/aromatic N) is 3. The molecule has 0 saturated heterocycles. The molecule has 0 bridgehead atoms. The molecule has 5 rings (SSSR count). The number of hydrogen-bond donors (Lipinski definition) is 0. The number of carbonyl (C=O) groups is 1. The quantitative estimate of drug-likeness (QED) is 0.285. The zero-order valence-electron chi connectivity index (χ0n) is 18.2. The van der Waals surface area contributed by atoms with E-state index in [0.717, 1.165) is 49.0 Å². The van der Waals surface area contributed by atoms with Gasteiger partial charge in [0.15, 0.2) is 0 Å². The largest absolute Gasteiger partial charge is 0.273 e. The average molecular weight is 519 g/mol. The van der Waals surface area contributed by atoms with E-state index >= 15 is 0 Å². The number of benzene rings is 3. The molecular weight excluding hydrogens is 498 g/mol. The van der Waals surface area contributed by atoms with Crippen LogP contribution >= 0.6 is 27.5 Å². The number of amides is 1. The van der Waals surface area contributed by atoms with Crippen molar-refractivity contribution >= 4 is 50.1 Å². The SMILES string of the molecule is CC(=O)N1N=C(c2c(C)nc3ccccc3c2-c2ccc(Cl)cc2)C[C@H]1c1cccc(Br)c1. The molecular formula is C27H21BrClN3O. The molecule has 4 aromatic rings. The van der Waals surface area contributed by atoms with Crippen molar-refractivity contribution in [2.24, 2.45) is 5.10 Å². The zero-order valence-corrected chi connectivity index (χ0v) is 20.6. The van der Waals surface area contributed by atoms with Crippen LogP contribution in [0.1, 0.15) is 36.2 Å². The molecule has 1 atom stereocenters. The molecule has 0 N–H and O–H groups in total. The molecule has 0 spiro atoms. The third-order valence-electron chi connectivity index (χ3n) is 5.96. The van der Waals surface area contributed by atoms with Crippen LogP contribution in [-0.4, -0.2) is 21.6 Å². The predicted molar refractivity (Wildman–Crippen MR) is 137 cm³/mol. The fourth-order valence-electron chi connectivity index (χ4n) is 4.53. The lowest BCUT2D eigenvalue weighted by atomic mass is 9.89. The van der Waals surface area contributed by atoms with Crippen LogP contribution in [0.5, 0.6) is 0 Å². The lowest BCUT2D eigenvalue weighted by molar-refractivity contribution is -0.130. The maximum Gasteiger partial charge on any atom is 0.240 e. The molecule has 0 fully saturated rings. The first kappa shape index (κ1) is 21.8. The number of hydrogen-bond acceptors (Lipinski definition) is 3. The summed E-state index contributed by atoms with van der Waals surface area (Å²) in [4.78, 5) is 17.4. The molecule has 1 aliphatic rings. The summed E-state index contributed by atoms with van der Waals surface area (Å²) in [6.45, 7) is 3.57. The molecule has 6 heteroatoms. The van der Waals surface area contributed by atoms with Crippen LogP contribution in [0.2, 0.25) is 5.02 Å². The lowest BCUT2D eigenvalue weighted by Gasteiger charge is -2.20. The number of carbonyl (C=O) groups excluding carboxylic acids is 1. The number of hydrazone groups is 1. The number of para-hydroxylation sites is 1. The van der Waals surface area contributed by atoms with E-state index in [1.54, 1.807) is 11.9 Å². The van der Waals surface area contributed by atoms with Crippen molar-refractivity contribution in [2.75, 3.05) is 0 Å². The molecule has 1 aromatic heterocycles. The maximum atomic E-state index is 12.6. The van der Waals surface area contributed by atoms with Gasteiger partial charge in [-0.05, 0) is 48.4 Å². The molecule has 4 nitrogen and oxygen atoms in total. The van der Waals surface area contributed by atoms with E-state index in [1.165, 1.54) is 0 Å². The average Bonchev–Trinajstić information content (AvgIpc) is 3.24. The molecule has 164 valence electrons. The monoisotopic (exact) mass is 517 g/mol. The minimum absolute atomic E-state index is 0.0885. The van der Waals surface area contributed by atoms with Crippen LogP contribution in [0.25, 0.3) is 22.0 Å². The van der Waals surface area contributed by atoms with Gasteiger partial charge in [0.2, 0.25) is 5.91 Å². The van der Waals surface area contributed by atoms with Gasteiger partial charge in [0.25, 0.3) is 0 Å². The molecule has 0 aliphatic carbocycles. The van der Waals surface area contributed by atoms with Gasteiger partial charge in [0.1, 0.15) is 0 Å². The van der Waals surface area contributed by atoms with Gasteiger partial charge >= 0.3 is 0 Å². The van der Waals surface area contributed by atoms with Crippen molar-refractivity contribution in [1.29, 1.82) is 0 Å². The van der Waals surface area contributed by atoms with Crippen molar-refractivity contribution in [3.05, 3.63) is 99.1 Å². The van der Waals surface area contributed by atoms with Gasteiger partial charge in [0.05, 0.1) is 17.3 Å². The normalized spacial score (nSPS) is 15.7. The molecule has 33 heavy (non-hydrogen) atoms. The van der Waals surface area contributed by atoms with Crippen molar-refractivity contribution in [1.82, 2.24) is 9.99 Å². The number of aromatic nitrogens is 1. The Morgan fingerprint density at radius 2 is 1.79 bits per heavy atom. The van der Waals surface area contributed by atoms with Gasteiger partial charge in [-0.25, -0.2) is 5.01 Å². The van der Waals surface area contributed by atoms with Gasteiger partial charge in [-0.2, -0.15) is 5.10 Å². The van der Waals surface area contributed by atoms with Gasteiger partial charge < -0.3 is 0 Å². The van der Waals surface area contributed by atoms with Crippen molar-refractivity contribution < 1.29 is 4.79 Å². The Bertz CT molecular complexity index is 1420. The topological polar surface area (TPSA) is 45.6 Å². The highest BCUT2D eigenvalue weighted by Crippen LogP contribution is 2.39. The van der Waals surface area contributed by atoms with E-state index in [-0.39, 0.29) is 11.9 Å². The molecule has 2 heterocycles. The van der Waals surface area contributed by atoms with Crippen molar-refractivity contribution in [3.63, 3.8) is 0 Å². The Morgan fingerprint density at radius 3 is 2.52 bits per heavy atom. The summed E-state index contributed by atoms with van der Waals surface area (Å²) in [5, 5.41) is 8.16. The minimum atomic E-state index is -0.168. The molecule has 1 aliphatic heterocycles. The summed E-state index contributed by atoms with van der Waals surface area (Å²) in [6, 6.07) is 23.8. The molecule has 0 radical (unpaired) electrons. The van der Waals surface area contributed by atoms with E-state index in [1.807, 2.05) is 73.7 Å². The Morgan fingerprint density at radius 1 is 1.03 bits per heavy atom. The van der Waals surface area contributed by atoms with Gasteiger partial charge in [-0.1, -0.05) is 70.0 Å². The molecule has 3 aromatic carbocycles. The summed E-state index contributed by atoms with van der Waals surface area (Å²) in [5.74, 6) is -0.0885. The van der Waals surface area contributed by atoms with Gasteiger partial charge in [0, 0.05) is 45.0 Å². The van der Waals surface area contributed by atoms with Crippen LogP contribution in [-0.2, 0) is 4.79 Å². The number of halogens is 2. The van der Waals surface area contributed by atoms with Crippen LogP contribution in [0, 0.1) is 6.92 Å². The fraction of sp³-hybridized carbons (Fsp3) is 0.148. The second-order valence-electron chi connectivity index (χ2n) is 8.16. The lowest BCUT2D eigenvalue weighted by Crippen LogP contribution is -2.24. The third kappa shape index (κ3) is 4.07. The van der Waals surface area contributed by atoms with E-state index in [0.29, 0.717) is 11.4 Å². The Balaban J connectivity index is 1.72. The Kier molecular flexibility index (Phi) is 5.77. The highest BCUT2D eigenvalue weighted by atomic mass is 79.9. The first-order valence-corrected chi connectivity index (χ1v) is 11.9. The van der Waals surface area contributed by atoms with Crippen molar-refractivity contribution in [3.8, 4) is 11.1 Å². The van der Waals surface area contributed by atoms with Crippen LogP contribution in [0.15, 0.2) is 82.4 Å². The molecule has 0 unspecified atom stereocenters. The summed E-state index contributed by atoms with van der Waals surface area (Å²) in [6.07, 6.45) is 0.609. The van der Waals surface area contributed by atoms with E-state index in [9.17, 15) is 4.79 Å². The van der Waals surface area contributed by atoms with Crippen LogP contribution < -0.4 is 0 Å². The van der Waals surface area contributed by atoms with E-state index in [4.69, 9.17) is 21.7 Å². The second-order valence-corrected chi connectivity index (χ2v) is 9.51. The summed E-state index contributed by atoms with van der Waals surface area (Å²) >= 11 is 9.74. The summed E-state index contributed by atoms with van der Waals surface area (Å²) in [5.41, 5.74) is 6.78. The van der Waals surface area contributed by atoms with Crippen LogP contribution in [0.3, 0.4) is 0 Å². The number of rotatable bonds is 3. The third-order valence-corrected chi connectivity index (χ3v) is 6.71. The number of pyridine rings is 1. The highest BCUT2D eigenvalue weighted by molar-refractivity contribution is 9.10. The van der Waals surface area contributed by atoms with E-state index in [2.05, 4.69) is 22.0 Å². The Labute approximate surface area is 206 Å². The van der Waals surface area contributed by atoms with Crippen molar-refractivity contribution in [2.45, 2.75) is 26.3 Å². The number of fused-ring (bicyclic) bond motifs is 1. The maximum absolute atomic E-state index is 12.6. The number of aryl methyl sites for hydroxylation is 1. The first-order valence-electron chi connectivity index (χ1n) is 10.7. The summed E-state index contributed by atoms with van der Waals surface area (Å²) in [7, 11) is 0. The van der Waals surface area contributed by atoms with E-state index < -0.39 is 0 Å². The smallest absolute Gasteiger partial charge is 0.240 e. The summed E-state index contributed by atoms with van der Waals surface area (Å²) < 4.78 is 0.974. The molecule has 0 saturated carbocycles. The minimum Gasteiger partial charge on any atom is -0.273 e. The van der Waals surface area contributed by atoms with Gasteiger partial charge in [-0.15, -0.1) is 0 Å². The predicted octanol–water partition coefficient (Wildman–Crippen LogP) is 7.32. The van der Waals surface area contributed by atoms with Crippen LogP contribution in [0.4, 0.5) is 0 Å². The van der Waals surface area contributed by atoms with Gasteiger partial charge in [-0.3, -0.25) is 9.78 Å². The molecule has 1 amide bonds. The zero-order chi connectivity index (χ0) is 23.1. The highest BCUT2D eigenvalue weighted by Gasteiger charge is 2.33. The Hall–Kier alpha value is -3.02. The fourth-order valence-corrected chi connectivity index (χ4v) is 5.07. The standard InChI is InChI=1S/C27H21BrClN3O/c1-16-26(24-15-25(32(31-24)17(2)33)19-6-5-7-20(28)14-19)27(18-10-12-21(29)13-11-18)22-8-3-4-9-23(22)30-16/h3-14,25H,15H2,1-2H3/t25-/m0/s1. The second kappa shape index (κ2) is 8.73.